The summed E-state index contributed by atoms with van der Waals surface area (Å²) in [4.78, 5) is 15.4. The number of carbonyl (C=O) groups is 1. The van der Waals surface area contributed by atoms with Crippen LogP contribution in [0.3, 0.4) is 0 Å². The van der Waals surface area contributed by atoms with Crippen molar-refractivity contribution in [3.63, 3.8) is 0 Å². The molecule has 0 radical (unpaired) electrons. The Labute approximate surface area is 129 Å². The van der Waals surface area contributed by atoms with Crippen molar-refractivity contribution in [2.75, 3.05) is 5.32 Å². The monoisotopic (exact) mass is 294 g/mol. The van der Waals surface area contributed by atoms with Crippen LogP contribution in [0, 0.1) is 0 Å². The summed E-state index contributed by atoms with van der Waals surface area (Å²) in [6, 6.07) is 10.1. The van der Waals surface area contributed by atoms with Gasteiger partial charge >= 0.3 is 0 Å². The van der Waals surface area contributed by atoms with E-state index in [0.29, 0.717) is 17.0 Å². The Morgan fingerprint density at radius 1 is 1.23 bits per heavy atom. The van der Waals surface area contributed by atoms with Crippen LogP contribution in [0.15, 0.2) is 42.7 Å². The zero-order valence-electron chi connectivity index (χ0n) is 12.9. The smallest absolute Gasteiger partial charge is 0.167 e. The standard InChI is InChI=1S/C17H18N4O/c1-17(2,3)13-5-4-6-14(9-13)19-15-7-8-21-16(20-15)12(11-22)10-18-21/h4-11H,1-3H3,(H,19,20). The topological polar surface area (TPSA) is 59.3 Å². The highest BCUT2D eigenvalue weighted by atomic mass is 16.1. The van der Waals surface area contributed by atoms with E-state index in [0.717, 1.165) is 12.0 Å². The van der Waals surface area contributed by atoms with Crippen molar-refractivity contribution in [1.82, 2.24) is 14.6 Å². The van der Waals surface area contributed by atoms with Crippen molar-refractivity contribution in [3.05, 3.63) is 53.9 Å². The van der Waals surface area contributed by atoms with Gasteiger partial charge < -0.3 is 5.32 Å². The highest BCUT2D eigenvalue weighted by molar-refractivity contribution is 5.84. The van der Waals surface area contributed by atoms with E-state index in [-0.39, 0.29) is 5.41 Å². The van der Waals surface area contributed by atoms with Gasteiger partial charge in [0.25, 0.3) is 0 Å². The van der Waals surface area contributed by atoms with Gasteiger partial charge in [0.1, 0.15) is 5.82 Å². The largest absolute Gasteiger partial charge is 0.340 e. The van der Waals surface area contributed by atoms with Gasteiger partial charge in [0.15, 0.2) is 11.9 Å². The van der Waals surface area contributed by atoms with Crippen LogP contribution < -0.4 is 5.32 Å². The van der Waals surface area contributed by atoms with Crippen LogP contribution in [0.5, 0.6) is 0 Å². The zero-order chi connectivity index (χ0) is 15.7. The van der Waals surface area contributed by atoms with Gasteiger partial charge in [-0.1, -0.05) is 32.9 Å². The van der Waals surface area contributed by atoms with Crippen molar-refractivity contribution in [2.24, 2.45) is 0 Å². The fourth-order valence-corrected chi connectivity index (χ4v) is 2.25. The number of nitrogens with zero attached hydrogens (tertiary/aromatic N) is 3. The summed E-state index contributed by atoms with van der Waals surface area (Å²) in [5.41, 5.74) is 3.33. The quantitative estimate of drug-likeness (QED) is 0.750. The summed E-state index contributed by atoms with van der Waals surface area (Å²) in [7, 11) is 0. The maximum Gasteiger partial charge on any atom is 0.167 e. The number of hydrogen-bond acceptors (Lipinski definition) is 4. The normalized spacial score (nSPS) is 11.6. The molecule has 0 amide bonds. The van der Waals surface area contributed by atoms with E-state index in [1.54, 1.807) is 10.7 Å². The Kier molecular flexibility index (Phi) is 3.41. The molecule has 3 rings (SSSR count). The molecule has 1 aromatic carbocycles. The first-order chi connectivity index (χ1) is 10.5. The number of fused-ring (bicyclic) bond motifs is 1. The highest BCUT2D eigenvalue weighted by Crippen LogP contribution is 2.26. The molecule has 0 aliphatic rings. The molecule has 0 aliphatic heterocycles. The summed E-state index contributed by atoms with van der Waals surface area (Å²) in [6.45, 7) is 6.54. The van der Waals surface area contributed by atoms with Crippen molar-refractivity contribution >= 4 is 23.4 Å². The van der Waals surface area contributed by atoms with Crippen LogP contribution in [0.1, 0.15) is 36.7 Å². The first-order valence-corrected chi connectivity index (χ1v) is 7.14. The summed E-state index contributed by atoms with van der Waals surface area (Å²) >= 11 is 0. The van der Waals surface area contributed by atoms with Gasteiger partial charge in [-0.3, -0.25) is 4.79 Å². The zero-order valence-corrected chi connectivity index (χ0v) is 12.9. The molecular formula is C17H18N4O. The van der Waals surface area contributed by atoms with Gasteiger partial charge in [-0.15, -0.1) is 0 Å². The number of aromatic nitrogens is 3. The van der Waals surface area contributed by atoms with E-state index >= 15 is 0 Å². The third-order valence-electron chi connectivity index (χ3n) is 3.52. The van der Waals surface area contributed by atoms with Crippen LogP contribution in [0.4, 0.5) is 11.5 Å². The van der Waals surface area contributed by atoms with Crippen LogP contribution in [0.2, 0.25) is 0 Å². The molecule has 0 saturated carbocycles. The molecule has 5 nitrogen and oxygen atoms in total. The van der Waals surface area contributed by atoms with Gasteiger partial charge in [-0.2, -0.15) is 5.10 Å². The number of rotatable bonds is 3. The fraction of sp³-hybridized carbons (Fsp3) is 0.235. The molecule has 112 valence electrons. The lowest BCUT2D eigenvalue weighted by Crippen LogP contribution is -2.11. The van der Waals surface area contributed by atoms with Crippen molar-refractivity contribution < 1.29 is 4.79 Å². The van der Waals surface area contributed by atoms with Crippen molar-refractivity contribution in [1.29, 1.82) is 0 Å². The molecule has 0 aliphatic carbocycles. The Bertz CT molecular complexity index is 830. The molecule has 0 bridgehead atoms. The average Bonchev–Trinajstić information content (AvgIpc) is 2.89. The Morgan fingerprint density at radius 2 is 2.05 bits per heavy atom. The molecule has 2 heterocycles. The molecule has 0 unspecified atom stereocenters. The molecule has 2 aromatic heterocycles. The van der Waals surface area contributed by atoms with Gasteiger partial charge in [0.2, 0.25) is 0 Å². The third-order valence-corrected chi connectivity index (χ3v) is 3.52. The summed E-state index contributed by atoms with van der Waals surface area (Å²) < 4.78 is 1.58. The van der Waals surface area contributed by atoms with Crippen LogP contribution in [0.25, 0.3) is 5.65 Å². The minimum absolute atomic E-state index is 0.0885. The maximum atomic E-state index is 11.0. The molecule has 0 fully saturated rings. The number of hydrogen-bond donors (Lipinski definition) is 1. The van der Waals surface area contributed by atoms with Gasteiger partial charge in [0, 0.05) is 11.9 Å². The first kappa shape index (κ1) is 14.3. The average molecular weight is 294 g/mol. The summed E-state index contributed by atoms with van der Waals surface area (Å²) in [6.07, 6.45) is 4.06. The van der Waals surface area contributed by atoms with E-state index in [9.17, 15) is 4.79 Å². The molecular weight excluding hydrogens is 276 g/mol. The van der Waals surface area contributed by atoms with E-state index in [2.05, 4.69) is 48.3 Å². The minimum atomic E-state index is 0.0885. The molecule has 3 aromatic rings. The second-order valence-electron chi connectivity index (χ2n) is 6.25. The predicted octanol–water partition coefficient (Wildman–Crippen LogP) is 3.58. The fourth-order valence-electron chi connectivity index (χ4n) is 2.25. The van der Waals surface area contributed by atoms with Crippen LogP contribution in [-0.2, 0) is 5.41 Å². The van der Waals surface area contributed by atoms with E-state index in [1.165, 1.54) is 11.8 Å². The number of carbonyl (C=O) groups excluding carboxylic acids is 1. The summed E-state index contributed by atoms with van der Waals surface area (Å²) in [5, 5.41) is 7.36. The van der Waals surface area contributed by atoms with Crippen LogP contribution >= 0.6 is 0 Å². The molecule has 5 heteroatoms. The Balaban J connectivity index is 1.94. The number of anilines is 2. The molecule has 1 N–H and O–H groups in total. The number of aldehydes is 1. The lowest BCUT2D eigenvalue weighted by Gasteiger charge is -2.20. The number of nitrogens with one attached hydrogen (secondary N) is 1. The van der Waals surface area contributed by atoms with Gasteiger partial charge in [-0.05, 0) is 29.2 Å². The Morgan fingerprint density at radius 3 is 2.77 bits per heavy atom. The van der Waals surface area contributed by atoms with Crippen molar-refractivity contribution in [2.45, 2.75) is 26.2 Å². The molecule has 22 heavy (non-hydrogen) atoms. The van der Waals surface area contributed by atoms with E-state index < -0.39 is 0 Å². The van der Waals surface area contributed by atoms with Crippen molar-refractivity contribution in [3.8, 4) is 0 Å². The third kappa shape index (κ3) is 2.70. The number of benzene rings is 1. The minimum Gasteiger partial charge on any atom is -0.340 e. The summed E-state index contributed by atoms with van der Waals surface area (Å²) in [5.74, 6) is 0.683. The Hall–Kier alpha value is -2.69. The second-order valence-corrected chi connectivity index (χ2v) is 6.25. The predicted molar refractivity (Wildman–Crippen MR) is 86.8 cm³/mol. The maximum absolute atomic E-state index is 11.0. The van der Waals surface area contributed by atoms with E-state index in [1.807, 2.05) is 18.2 Å². The molecule has 0 atom stereocenters. The lowest BCUT2D eigenvalue weighted by atomic mass is 9.87. The highest BCUT2D eigenvalue weighted by Gasteiger charge is 2.13. The molecule has 0 spiro atoms. The van der Waals surface area contributed by atoms with Gasteiger partial charge in [0.05, 0.1) is 11.8 Å². The lowest BCUT2D eigenvalue weighted by molar-refractivity contribution is 0.112. The van der Waals surface area contributed by atoms with E-state index in [4.69, 9.17) is 0 Å². The second kappa shape index (κ2) is 5.26. The SMILES string of the molecule is CC(C)(C)c1cccc(Nc2ccn3ncc(C=O)c3n2)c1. The van der Waals surface area contributed by atoms with Gasteiger partial charge in [-0.25, -0.2) is 9.50 Å². The molecule has 0 saturated heterocycles. The van der Waals surface area contributed by atoms with Crippen LogP contribution in [-0.4, -0.2) is 20.9 Å². The first-order valence-electron chi connectivity index (χ1n) is 7.14.